The van der Waals surface area contributed by atoms with E-state index in [4.69, 9.17) is 5.73 Å². The summed E-state index contributed by atoms with van der Waals surface area (Å²) in [6, 6.07) is 4.55. The van der Waals surface area contributed by atoms with E-state index in [1.54, 1.807) is 12.1 Å². The number of aromatic nitrogens is 2. The lowest BCUT2D eigenvalue weighted by molar-refractivity contribution is 0.0993. The molecule has 0 atom stereocenters. The summed E-state index contributed by atoms with van der Waals surface area (Å²) >= 11 is 0. The Morgan fingerprint density at radius 1 is 1.24 bits per heavy atom. The molecule has 1 saturated carbocycles. The van der Waals surface area contributed by atoms with Crippen molar-refractivity contribution < 1.29 is 9.18 Å². The number of amides is 1. The molecule has 1 aliphatic carbocycles. The van der Waals surface area contributed by atoms with E-state index in [-0.39, 0.29) is 17.1 Å². The van der Waals surface area contributed by atoms with Gasteiger partial charge in [-0.25, -0.2) is 14.4 Å². The fraction of sp³-hybridized carbons (Fsp3) is 0.438. The van der Waals surface area contributed by atoms with Crippen LogP contribution in [0.3, 0.4) is 0 Å². The van der Waals surface area contributed by atoms with Crippen LogP contribution in [0.2, 0.25) is 0 Å². The van der Waals surface area contributed by atoms with Crippen LogP contribution in [0.1, 0.15) is 54.7 Å². The topological polar surface area (TPSA) is 68.9 Å². The Balaban J connectivity index is 2.12. The Bertz CT molecular complexity index is 693. The predicted molar refractivity (Wildman–Crippen MR) is 78.4 cm³/mol. The highest BCUT2D eigenvalue weighted by atomic mass is 19.1. The van der Waals surface area contributed by atoms with Crippen LogP contribution in [0.15, 0.2) is 18.2 Å². The summed E-state index contributed by atoms with van der Waals surface area (Å²) in [5.74, 6) is -0.188. The quantitative estimate of drug-likeness (QED) is 0.922. The number of para-hydroxylation sites is 1. The zero-order valence-electron chi connectivity index (χ0n) is 12.0. The average Bonchev–Trinajstić information content (AvgIpc) is 2.47. The third kappa shape index (κ3) is 2.60. The Hall–Kier alpha value is -2.04. The molecule has 1 aromatic carbocycles. The van der Waals surface area contributed by atoms with Crippen molar-refractivity contribution in [2.24, 2.45) is 11.7 Å². The van der Waals surface area contributed by atoms with E-state index in [0.29, 0.717) is 17.1 Å². The molecule has 1 fully saturated rings. The number of halogens is 1. The van der Waals surface area contributed by atoms with Gasteiger partial charge in [-0.05, 0) is 30.9 Å². The van der Waals surface area contributed by atoms with Crippen molar-refractivity contribution in [1.82, 2.24) is 9.97 Å². The van der Waals surface area contributed by atoms with Crippen LogP contribution in [0.4, 0.5) is 4.39 Å². The summed E-state index contributed by atoms with van der Waals surface area (Å²) in [4.78, 5) is 20.3. The molecule has 21 heavy (non-hydrogen) atoms. The molecule has 3 rings (SSSR count). The molecule has 0 saturated heterocycles. The number of fused-ring (bicyclic) bond motifs is 1. The first-order valence-electron chi connectivity index (χ1n) is 7.32. The van der Waals surface area contributed by atoms with E-state index in [9.17, 15) is 9.18 Å². The summed E-state index contributed by atoms with van der Waals surface area (Å²) in [7, 11) is 0. The van der Waals surface area contributed by atoms with Gasteiger partial charge in [0.05, 0.1) is 11.2 Å². The summed E-state index contributed by atoms with van der Waals surface area (Å²) in [5, 5.41) is 0. The smallest absolute Gasteiger partial charge is 0.269 e. The molecule has 0 radical (unpaired) electrons. The summed E-state index contributed by atoms with van der Waals surface area (Å²) in [6.45, 7) is 2.22. The maximum Gasteiger partial charge on any atom is 0.269 e. The highest BCUT2D eigenvalue weighted by Gasteiger charge is 2.26. The van der Waals surface area contributed by atoms with Gasteiger partial charge in [-0.1, -0.05) is 25.8 Å². The molecule has 2 N–H and O–H groups in total. The highest BCUT2D eigenvalue weighted by Crippen LogP contribution is 2.36. The third-order valence-electron chi connectivity index (χ3n) is 4.31. The van der Waals surface area contributed by atoms with Gasteiger partial charge in [0, 0.05) is 5.92 Å². The molecule has 110 valence electrons. The lowest BCUT2D eigenvalue weighted by Gasteiger charge is -2.26. The summed E-state index contributed by atoms with van der Waals surface area (Å²) in [5.41, 5.74) is 6.78. The molecule has 1 aliphatic rings. The zero-order valence-corrected chi connectivity index (χ0v) is 12.0. The maximum atomic E-state index is 13.9. The Kier molecular flexibility index (Phi) is 3.57. The van der Waals surface area contributed by atoms with Crippen LogP contribution in [0.25, 0.3) is 11.0 Å². The number of hydrogen-bond acceptors (Lipinski definition) is 3. The molecule has 1 heterocycles. The number of nitrogens with two attached hydrogens (primary N) is 1. The fourth-order valence-corrected chi connectivity index (χ4v) is 3.06. The van der Waals surface area contributed by atoms with Crippen molar-refractivity contribution in [3.63, 3.8) is 0 Å². The Labute approximate surface area is 122 Å². The maximum absolute atomic E-state index is 13.9. The normalized spacial score (nSPS) is 22.4. The summed E-state index contributed by atoms with van der Waals surface area (Å²) < 4.78 is 13.9. The van der Waals surface area contributed by atoms with Crippen molar-refractivity contribution in [3.05, 3.63) is 35.4 Å². The number of hydrogen-bond donors (Lipinski definition) is 1. The van der Waals surface area contributed by atoms with Crippen LogP contribution in [0, 0.1) is 11.7 Å². The van der Waals surface area contributed by atoms with Crippen molar-refractivity contribution in [1.29, 1.82) is 0 Å². The molecule has 1 amide bonds. The Morgan fingerprint density at radius 3 is 2.62 bits per heavy atom. The molecule has 0 unspecified atom stereocenters. The first kappa shape index (κ1) is 13.9. The van der Waals surface area contributed by atoms with E-state index >= 15 is 0 Å². The van der Waals surface area contributed by atoms with Crippen molar-refractivity contribution in [2.75, 3.05) is 0 Å². The van der Waals surface area contributed by atoms with Gasteiger partial charge < -0.3 is 5.73 Å². The molecular weight excluding hydrogens is 269 g/mol. The molecule has 0 aliphatic heterocycles. The number of primary amides is 1. The van der Waals surface area contributed by atoms with E-state index in [2.05, 4.69) is 16.9 Å². The molecule has 2 aromatic rings. The van der Waals surface area contributed by atoms with Gasteiger partial charge in [-0.2, -0.15) is 0 Å². The minimum Gasteiger partial charge on any atom is -0.364 e. The largest absolute Gasteiger partial charge is 0.364 e. The van der Waals surface area contributed by atoms with Crippen LogP contribution < -0.4 is 5.73 Å². The number of benzene rings is 1. The number of carbonyl (C=O) groups excluding carboxylic acids is 1. The molecule has 4 nitrogen and oxygen atoms in total. The van der Waals surface area contributed by atoms with Crippen molar-refractivity contribution in [2.45, 2.75) is 38.5 Å². The van der Waals surface area contributed by atoms with Gasteiger partial charge in [-0.3, -0.25) is 4.79 Å². The monoisotopic (exact) mass is 287 g/mol. The fourth-order valence-electron chi connectivity index (χ4n) is 3.06. The second-order valence-corrected chi connectivity index (χ2v) is 5.89. The summed E-state index contributed by atoms with van der Waals surface area (Å²) in [6.07, 6.45) is 4.05. The van der Waals surface area contributed by atoms with Crippen LogP contribution >= 0.6 is 0 Å². The van der Waals surface area contributed by atoms with E-state index in [0.717, 1.165) is 25.7 Å². The van der Waals surface area contributed by atoms with Crippen LogP contribution in [0.5, 0.6) is 0 Å². The molecule has 5 heteroatoms. The minimum atomic E-state index is -0.595. The Morgan fingerprint density at radius 2 is 1.95 bits per heavy atom. The van der Waals surface area contributed by atoms with Crippen LogP contribution in [-0.4, -0.2) is 15.9 Å². The van der Waals surface area contributed by atoms with Gasteiger partial charge in [0.1, 0.15) is 11.2 Å². The zero-order chi connectivity index (χ0) is 15.0. The first-order valence-corrected chi connectivity index (χ1v) is 7.32. The molecule has 1 aromatic heterocycles. The van der Waals surface area contributed by atoms with Gasteiger partial charge in [0.15, 0.2) is 5.82 Å². The average molecular weight is 287 g/mol. The minimum absolute atomic E-state index is 0.139. The molecule has 0 spiro atoms. The first-order chi connectivity index (χ1) is 10.1. The lowest BCUT2D eigenvalue weighted by atomic mass is 9.80. The predicted octanol–water partition coefficient (Wildman–Crippen LogP) is 3.16. The molecule has 0 bridgehead atoms. The second kappa shape index (κ2) is 5.39. The number of carbonyl (C=O) groups is 1. The number of nitrogens with zero attached hydrogens (tertiary/aromatic N) is 2. The molecular formula is C16H18FN3O. The van der Waals surface area contributed by atoms with Gasteiger partial charge >= 0.3 is 0 Å². The van der Waals surface area contributed by atoms with Crippen molar-refractivity contribution >= 4 is 16.9 Å². The highest BCUT2D eigenvalue weighted by molar-refractivity contribution is 5.94. The third-order valence-corrected chi connectivity index (χ3v) is 4.31. The lowest BCUT2D eigenvalue weighted by Crippen LogP contribution is -2.21. The van der Waals surface area contributed by atoms with E-state index < -0.39 is 11.7 Å². The van der Waals surface area contributed by atoms with E-state index in [1.807, 2.05) is 0 Å². The van der Waals surface area contributed by atoms with Crippen LogP contribution in [-0.2, 0) is 0 Å². The van der Waals surface area contributed by atoms with Crippen molar-refractivity contribution in [3.8, 4) is 0 Å². The SMILES string of the molecule is C[C@H]1CC[C@H](c2nc3c(F)cccc3nc2C(N)=O)CC1. The van der Waals surface area contributed by atoms with E-state index in [1.165, 1.54) is 6.07 Å². The van der Waals surface area contributed by atoms with Gasteiger partial charge in [-0.15, -0.1) is 0 Å². The second-order valence-electron chi connectivity index (χ2n) is 5.89. The van der Waals surface area contributed by atoms with Gasteiger partial charge in [0.2, 0.25) is 0 Å². The van der Waals surface area contributed by atoms with Gasteiger partial charge in [0.25, 0.3) is 5.91 Å². The standard InChI is InChI=1S/C16H18FN3O/c1-9-5-7-10(8-6-9)13-15(16(18)21)19-12-4-2-3-11(17)14(12)20-13/h2-4,9-10H,5-8H2,1H3,(H2,18,21)/t9-,10-. The number of rotatable bonds is 2.